The standard InChI is InChI=1S/C27H24Cl2N4O2S/c1-34-26-5-3-2-4-24(26)31-27-33(25(18-36-27)22-11-8-20(28)16-23(22)29)30-17-19-6-9-21(10-7-19)32-12-14-35-15-13-32/h2-11,16-18H,12-15H2,1H3. The zero-order chi connectivity index (χ0) is 24.9. The summed E-state index contributed by atoms with van der Waals surface area (Å²) in [6.45, 7) is 3.31. The molecule has 6 nitrogen and oxygen atoms in total. The topological polar surface area (TPSA) is 51.3 Å². The van der Waals surface area contributed by atoms with Crippen molar-refractivity contribution in [2.45, 2.75) is 0 Å². The van der Waals surface area contributed by atoms with Crippen LogP contribution in [0.5, 0.6) is 5.75 Å². The molecule has 0 bridgehead atoms. The summed E-state index contributed by atoms with van der Waals surface area (Å²) < 4.78 is 12.7. The molecule has 1 fully saturated rings. The summed E-state index contributed by atoms with van der Waals surface area (Å²) in [6, 6.07) is 21.4. The van der Waals surface area contributed by atoms with Gasteiger partial charge in [0.2, 0.25) is 4.80 Å². The maximum absolute atomic E-state index is 6.55. The number of hydrogen-bond acceptors (Lipinski definition) is 6. The van der Waals surface area contributed by atoms with E-state index in [1.807, 2.05) is 48.0 Å². The molecule has 0 spiro atoms. The summed E-state index contributed by atoms with van der Waals surface area (Å²) in [5.41, 5.74) is 4.51. The second-order valence-electron chi connectivity index (χ2n) is 8.06. The van der Waals surface area contributed by atoms with Crippen molar-refractivity contribution in [1.82, 2.24) is 4.68 Å². The van der Waals surface area contributed by atoms with Gasteiger partial charge < -0.3 is 14.4 Å². The molecular weight excluding hydrogens is 515 g/mol. The Labute approximate surface area is 223 Å². The van der Waals surface area contributed by atoms with Crippen LogP contribution in [0.15, 0.2) is 82.2 Å². The number of benzene rings is 3. The second-order valence-corrected chi connectivity index (χ2v) is 9.74. The molecule has 0 saturated carbocycles. The molecule has 0 unspecified atom stereocenters. The van der Waals surface area contributed by atoms with E-state index in [0.717, 1.165) is 48.8 Å². The number of para-hydroxylation sites is 2. The maximum Gasteiger partial charge on any atom is 0.211 e. The summed E-state index contributed by atoms with van der Waals surface area (Å²) in [5.74, 6) is 0.686. The summed E-state index contributed by atoms with van der Waals surface area (Å²) in [6.07, 6.45) is 1.82. The average molecular weight is 539 g/mol. The molecule has 184 valence electrons. The molecule has 0 N–H and O–H groups in total. The van der Waals surface area contributed by atoms with Crippen LogP contribution in [0.3, 0.4) is 0 Å². The molecule has 0 aliphatic carbocycles. The fourth-order valence-corrected chi connectivity index (χ4v) is 5.26. The lowest BCUT2D eigenvalue weighted by Crippen LogP contribution is -2.36. The molecular formula is C27H24Cl2N4O2S. The number of halogens is 2. The number of ether oxygens (including phenoxy) is 2. The molecule has 0 radical (unpaired) electrons. The first-order chi connectivity index (χ1) is 17.6. The van der Waals surface area contributed by atoms with Gasteiger partial charge in [-0.05, 0) is 48.0 Å². The first-order valence-corrected chi connectivity index (χ1v) is 13.1. The van der Waals surface area contributed by atoms with Crippen LogP contribution in [0.25, 0.3) is 11.3 Å². The van der Waals surface area contributed by atoms with Crippen molar-refractivity contribution in [2.75, 3.05) is 38.3 Å². The highest BCUT2D eigenvalue weighted by atomic mass is 35.5. The van der Waals surface area contributed by atoms with Crippen molar-refractivity contribution >= 4 is 52.1 Å². The van der Waals surface area contributed by atoms with Crippen LogP contribution in [0.1, 0.15) is 5.56 Å². The number of rotatable bonds is 6. The number of morpholine rings is 1. The highest BCUT2D eigenvalue weighted by Gasteiger charge is 2.13. The molecule has 0 amide bonds. The second kappa shape index (κ2) is 11.3. The van der Waals surface area contributed by atoms with Crippen LogP contribution >= 0.6 is 34.5 Å². The van der Waals surface area contributed by atoms with Gasteiger partial charge in [-0.15, -0.1) is 11.3 Å². The minimum Gasteiger partial charge on any atom is -0.494 e. The minimum absolute atomic E-state index is 0.544. The van der Waals surface area contributed by atoms with Gasteiger partial charge in [-0.1, -0.05) is 47.5 Å². The number of aromatic nitrogens is 1. The zero-order valence-corrected chi connectivity index (χ0v) is 21.9. The summed E-state index contributed by atoms with van der Waals surface area (Å²) in [5, 5.41) is 7.92. The third-order valence-electron chi connectivity index (χ3n) is 5.79. The quantitative estimate of drug-likeness (QED) is 0.264. The van der Waals surface area contributed by atoms with E-state index >= 15 is 0 Å². The predicted octanol–water partition coefficient (Wildman–Crippen LogP) is 6.48. The number of thiazole rings is 1. The molecule has 2 heterocycles. The molecule has 3 aromatic carbocycles. The third-order valence-corrected chi connectivity index (χ3v) is 7.15. The van der Waals surface area contributed by atoms with E-state index in [1.54, 1.807) is 17.9 Å². The highest BCUT2D eigenvalue weighted by Crippen LogP contribution is 2.31. The molecule has 0 atom stereocenters. The lowest BCUT2D eigenvalue weighted by Gasteiger charge is -2.28. The van der Waals surface area contributed by atoms with Gasteiger partial charge in [-0.25, -0.2) is 9.67 Å². The van der Waals surface area contributed by atoms with E-state index in [2.05, 4.69) is 29.2 Å². The van der Waals surface area contributed by atoms with E-state index in [-0.39, 0.29) is 0 Å². The lowest BCUT2D eigenvalue weighted by molar-refractivity contribution is 0.122. The van der Waals surface area contributed by atoms with Crippen molar-refractivity contribution in [3.63, 3.8) is 0 Å². The van der Waals surface area contributed by atoms with Gasteiger partial charge in [0.15, 0.2) is 0 Å². The Bertz CT molecular complexity index is 1440. The number of hydrogen-bond donors (Lipinski definition) is 0. The molecule has 1 saturated heterocycles. The Kier molecular flexibility index (Phi) is 7.72. The fourth-order valence-electron chi connectivity index (χ4n) is 3.91. The highest BCUT2D eigenvalue weighted by molar-refractivity contribution is 7.07. The van der Waals surface area contributed by atoms with Gasteiger partial charge >= 0.3 is 0 Å². The fraction of sp³-hybridized carbons (Fsp3) is 0.185. The number of nitrogens with zero attached hydrogens (tertiary/aromatic N) is 4. The van der Waals surface area contributed by atoms with Gasteiger partial charge in [-0.2, -0.15) is 5.10 Å². The zero-order valence-electron chi connectivity index (χ0n) is 19.6. The summed E-state index contributed by atoms with van der Waals surface area (Å²) in [4.78, 5) is 7.85. The van der Waals surface area contributed by atoms with Crippen LogP contribution in [0, 0.1) is 0 Å². The lowest BCUT2D eigenvalue weighted by atomic mass is 10.2. The number of anilines is 1. The van der Waals surface area contributed by atoms with E-state index < -0.39 is 0 Å². The first-order valence-electron chi connectivity index (χ1n) is 11.4. The van der Waals surface area contributed by atoms with Gasteiger partial charge in [0.05, 0.1) is 37.3 Å². The molecule has 1 aliphatic heterocycles. The van der Waals surface area contributed by atoms with Crippen molar-refractivity contribution in [3.05, 3.63) is 92.5 Å². The van der Waals surface area contributed by atoms with Crippen molar-refractivity contribution in [3.8, 4) is 17.0 Å². The van der Waals surface area contributed by atoms with E-state index in [0.29, 0.717) is 20.6 Å². The van der Waals surface area contributed by atoms with Crippen molar-refractivity contribution in [2.24, 2.45) is 10.1 Å². The van der Waals surface area contributed by atoms with Crippen LogP contribution in [0.4, 0.5) is 11.4 Å². The average Bonchev–Trinajstić information content (AvgIpc) is 3.30. The van der Waals surface area contributed by atoms with Crippen LogP contribution in [0.2, 0.25) is 10.0 Å². The summed E-state index contributed by atoms with van der Waals surface area (Å²) >= 11 is 14.2. The van der Waals surface area contributed by atoms with Gasteiger partial charge in [-0.3, -0.25) is 0 Å². The normalized spacial score (nSPS) is 14.5. The largest absolute Gasteiger partial charge is 0.494 e. The Morgan fingerprint density at radius 2 is 1.78 bits per heavy atom. The minimum atomic E-state index is 0.544. The summed E-state index contributed by atoms with van der Waals surface area (Å²) in [7, 11) is 1.63. The van der Waals surface area contributed by atoms with E-state index in [1.165, 1.54) is 17.0 Å². The molecule has 36 heavy (non-hydrogen) atoms. The van der Waals surface area contributed by atoms with E-state index in [9.17, 15) is 0 Å². The van der Waals surface area contributed by atoms with Crippen molar-refractivity contribution in [1.29, 1.82) is 0 Å². The SMILES string of the molecule is COc1ccccc1N=c1scc(-c2ccc(Cl)cc2Cl)n1N=Cc1ccc(N2CCOCC2)cc1. The Hall–Kier alpha value is -3.10. The van der Waals surface area contributed by atoms with Crippen LogP contribution < -0.4 is 14.4 Å². The van der Waals surface area contributed by atoms with Gasteiger partial charge in [0.25, 0.3) is 0 Å². The maximum atomic E-state index is 6.55. The smallest absolute Gasteiger partial charge is 0.211 e. The molecule has 4 aromatic rings. The van der Waals surface area contributed by atoms with Gasteiger partial charge in [0.1, 0.15) is 11.4 Å². The molecule has 9 heteroatoms. The Balaban J connectivity index is 1.54. The Morgan fingerprint density at radius 3 is 2.53 bits per heavy atom. The monoisotopic (exact) mass is 538 g/mol. The molecule has 5 rings (SSSR count). The van der Waals surface area contributed by atoms with Crippen LogP contribution in [-0.4, -0.2) is 44.3 Å². The predicted molar refractivity (Wildman–Crippen MR) is 148 cm³/mol. The van der Waals surface area contributed by atoms with Crippen LogP contribution in [-0.2, 0) is 4.74 Å². The third kappa shape index (κ3) is 5.50. The number of methoxy groups -OCH3 is 1. The Morgan fingerprint density at radius 1 is 1.00 bits per heavy atom. The van der Waals surface area contributed by atoms with Gasteiger partial charge in [0, 0.05) is 34.7 Å². The van der Waals surface area contributed by atoms with Crippen molar-refractivity contribution < 1.29 is 9.47 Å². The first kappa shape index (κ1) is 24.6. The van der Waals surface area contributed by atoms with E-state index in [4.69, 9.17) is 42.8 Å². The molecule has 1 aliphatic rings. The molecule has 1 aromatic heterocycles.